The Hall–Kier alpha value is -2.97. The highest BCUT2D eigenvalue weighted by atomic mass is 19.1. The zero-order valence-electron chi connectivity index (χ0n) is 21.2. The van der Waals surface area contributed by atoms with Crippen LogP contribution in [0.25, 0.3) is 0 Å². The molecule has 0 aliphatic carbocycles. The Kier molecular flexibility index (Phi) is 9.23. The second-order valence-corrected chi connectivity index (χ2v) is 9.27. The highest BCUT2D eigenvalue weighted by molar-refractivity contribution is 6.05. The third-order valence-electron chi connectivity index (χ3n) is 6.43. The molecule has 0 fully saturated rings. The van der Waals surface area contributed by atoms with Gasteiger partial charge in [-0.05, 0) is 56.1 Å². The summed E-state index contributed by atoms with van der Waals surface area (Å²) in [4.78, 5) is 30.0. The highest BCUT2D eigenvalue weighted by Crippen LogP contribution is 2.27. The first-order chi connectivity index (χ1) is 16.7. The molecular formula is C27H36FN3O4. The fraction of sp³-hybridized carbons (Fsp3) is 0.481. The Balaban J connectivity index is 1.91. The van der Waals surface area contributed by atoms with Crippen molar-refractivity contribution in [2.24, 2.45) is 5.92 Å². The van der Waals surface area contributed by atoms with E-state index in [9.17, 15) is 14.0 Å². The van der Waals surface area contributed by atoms with Crippen LogP contribution >= 0.6 is 0 Å². The van der Waals surface area contributed by atoms with Crippen LogP contribution in [0.2, 0.25) is 0 Å². The molecule has 0 bridgehead atoms. The van der Waals surface area contributed by atoms with Crippen LogP contribution in [0.4, 0.5) is 10.1 Å². The van der Waals surface area contributed by atoms with Gasteiger partial charge in [-0.1, -0.05) is 19.9 Å². The summed E-state index contributed by atoms with van der Waals surface area (Å²) in [6, 6.07) is 10.6. The molecule has 1 heterocycles. The lowest BCUT2D eigenvalue weighted by atomic mass is 10.0. The number of ether oxygens (including phenoxy) is 2. The van der Waals surface area contributed by atoms with Gasteiger partial charge in [-0.2, -0.15) is 0 Å². The lowest BCUT2D eigenvalue weighted by molar-refractivity contribution is 0.0108. The summed E-state index contributed by atoms with van der Waals surface area (Å²) in [6.45, 7) is 9.00. The topological polar surface area (TPSA) is 71.1 Å². The number of halogens is 1. The van der Waals surface area contributed by atoms with Crippen LogP contribution in [-0.2, 0) is 4.74 Å². The van der Waals surface area contributed by atoms with Gasteiger partial charge >= 0.3 is 0 Å². The van der Waals surface area contributed by atoms with Crippen molar-refractivity contribution in [1.82, 2.24) is 9.80 Å². The van der Waals surface area contributed by atoms with Crippen LogP contribution in [-0.4, -0.2) is 74.2 Å². The van der Waals surface area contributed by atoms with Gasteiger partial charge < -0.3 is 19.7 Å². The molecule has 8 heteroatoms. The van der Waals surface area contributed by atoms with Gasteiger partial charge in [0.15, 0.2) is 0 Å². The van der Waals surface area contributed by atoms with E-state index in [0.717, 1.165) is 19.5 Å². The minimum atomic E-state index is -0.485. The molecule has 1 aliphatic rings. The highest BCUT2D eigenvalue weighted by Gasteiger charge is 2.28. The zero-order valence-corrected chi connectivity index (χ0v) is 21.2. The van der Waals surface area contributed by atoms with Gasteiger partial charge in [-0.25, -0.2) is 4.39 Å². The van der Waals surface area contributed by atoms with Gasteiger partial charge in [0.2, 0.25) is 0 Å². The maximum absolute atomic E-state index is 13.5. The number of hydrogen-bond acceptors (Lipinski definition) is 5. The van der Waals surface area contributed by atoms with Gasteiger partial charge in [0.1, 0.15) is 18.2 Å². The summed E-state index contributed by atoms with van der Waals surface area (Å²) in [7, 11) is 3.44. The average Bonchev–Trinajstić information content (AvgIpc) is 2.84. The van der Waals surface area contributed by atoms with Crippen molar-refractivity contribution >= 4 is 17.5 Å². The van der Waals surface area contributed by atoms with Gasteiger partial charge in [0, 0.05) is 50.6 Å². The van der Waals surface area contributed by atoms with Crippen LogP contribution in [0, 0.1) is 11.7 Å². The van der Waals surface area contributed by atoms with E-state index in [0.29, 0.717) is 30.2 Å². The van der Waals surface area contributed by atoms with Crippen LogP contribution in [0.1, 0.15) is 47.9 Å². The van der Waals surface area contributed by atoms with Crippen molar-refractivity contribution in [2.45, 2.75) is 39.3 Å². The third-order valence-corrected chi connectivity index (χ3v) is 6.43. The second-order valence-electron chi connectivity index (χ2n) is 9.27. The second kappa shape index (κ2) is 12.1. The summed E-state index contributed by atoms with van der Waals surface area (Å²) in [6.07, 6.45) is 0.907. The molecule has 1 N–H and O–H groups in total. The number of fused-ring (bicyclic) bond motifs is 1. The molecule has 0 saturated carbocycles. The van der Waals surface area contributed by atoms with Gasteiger partial charge in [-0.15, -0.1) is 0 Å². The first kappa shape index (κ1) is 26.6. The molecule has 2 aromatic carbocycles. The first-order valence-electron chi connectivity index (χ1n) is 12.1. The summed E-state index contributed by atoms with van der Waals surface area (Å²) in [5, 5.41) is 2.77. The molecule has 190 valence electrons. The molecule has 35 heavy (non-hydrogen) atoms. The van der Waals surface area contributed by atoms with Crippen molar-refractivity contribution < 1.29 is 23.5 Å². The van der Waals surface area contributed by atoms with Crippen molar-refractivity contribution in [1.29, 1.82) is 0 Å². The number of carbonyl (C=O) groups excluding carboxylic acids is 2. The fourth-order valence-corrected chi connectivity index (χ4v) is 4.36. The molecule has 7 nitrogen and oxygen atoms in total. The number of carbonyl (C=O) groups is 2. The Morgan fingerprint density at radius 1 is 1.20 bits per heavy atom. The van der Waals surface area contributed by atoms with E-state index < -0.39 is 11.7 Å². The van der Waals surface area contributed by atoms with E-state index in [-0.39, 0.29) is 29.5 Å². The molecule has 3 rings (SSSR count). The molecule has 0 unspecified atom stereocenters. The normalized spacial score (nSPS) is 21.9. The smallest absolute Gasteiger partial charge is 0.257 e. The molecule has 0 spiro atoms. The average molecular weight is 486 g/mol. The summed E-state index contributed by atoms with van der Waals surface area (Å²) in [5.41, 5.74) is 1.08. The molecule has 2 amide bonds. The molecule has 1 aliphatic heterocycles. The standard InChI is InChI=1S/C27H36FN3O4/c1-6-12-31-15-18(2)25(34-5)16-30(4)27(33)23-11-10-22(14-24(23)35-17-19(31)3)29-26(32)20-8-7-9-21(28)13-20/h7-11,13-14,18-19,25H,6,12,15-17H2,1-5H3,(H,29,32)/t18-,19+,25+/m1/s1. The molecule has 0 saturated heterocycles. The molecule has 0 aromatic heterocycles. The summed E-state index contributed by atoms with van der Waals surface area (Å²) in [5.74, 6) is -0.494. The Labute approximate surface area is 207 Å². The van der Waals surface area contributed by atoms with Crippen molar-refractivity contribution in [3.8, 4) is 5.75 Å². The van der Waals surface area contributed by atoms with Crippen LogP contribution in [0.15, 0.2) is 42.5 Å². The Bertz CT molecular complexity index is 1030. The van der Waals surface area contributed by atoms with E-state index in [1.54, 1.807) is 43.3 Å². The van der Waals surface area contributed by atoms with E-state index in [4.69, 9.17) is 9.47 Å². The number of nitrogens with one attached hydrogen (secondary N) is 1. The fourth-order valence-electron chi connectivity index (χ4n) is 4.36. The largest absolute Gasteiger partial charge is 0.491 e. The van der Waals surface area contributed by atoms with E-state index in [1.807, 2.05) is 0 Å². The molecular weight excluding hydrogens is 449 g/mol. The minimum Gasteiger partial charge on any atom is -0.491 e. The van der Waals surface area contributed by atoms with Gasteiger partial charge in [-0.3, -0.25) is 14.5 Å². The van der Waals surface area contributed by atoms with E-state index in [2.05, 4.69) is 31.0 Å². The quantitative estimate of drug-likeness (QED) is 0.684. The van der Waals surface area contributed by atoms with Crippen molar-refractivity contribution in [3.63, 3.8) is 0 Å². The number of anilines is 1. The first-order valence-corrected chi connectivity index (χ1v) is 12.1. The zero-order chi connectivity index (χ0) is 25.5. The summed E-state index contributed by atoms with van der Waals surface area (Å²) < 4.78 is 25.5. The predicted molar refractivity (Wildman–Crippen MR) is 135 cm³/mol. The Morgan fingerprint density at radius 2 is 1.97 bits per heavy atom. The molecule has 3 atom stereocenters. The van der Waals surface area contributed by atoms with E-state index in [1.165, 1.54) is 18.2 Å². The van der Waals surface area contributed by atoms with Gasteiger partial charge in [0.05, 0.1) is 11.7 Å². The number of benzene rings is 2. The van der Waals surface area contributed by atoms with Crippen LogP contribution < -0.4 is 10.1 Å². The van der Waals surface area contributed by atoms with Crippen molar-refractivity contribution in [2.75, 3.05) is 45.7 Å². The number of methoxy groups -OCH3 is 1. The van der Waals surface area contributed by atoms with Crippen molar-refractivity contribution in [3.05, 3.63) is 59.4 Å². The number of amides is 2. The van der Waals surface area contributed by atoms with Crippen LogP contribution in [0.3, 0.4) is 0 Å². The number of likely N-dealkylation sites (N-methyl/N-ethyl adjacent to an activating group) is 1. The third kappa shape index (κ3) is 6.80. The SMILES string of the molecule is CCCN1C[C@@H](C)[C@@H](OC)CN(C)C(=O)c2ccc(NC(=O)c3cccc(F)c3)cc2OC[C@@H]1C. The van der Waals surface area contributed by atoms with E-state index >= 15 is 0 Å². The predicted octanol–water partition coefficient (Wildman–Crippen LogP) is 4.29. The monoisotopic (exact) mass is 485 g/mol. The maximum atomic E-state index is 13.5. The number of rotatable bonds is 5. The van der Waals surface area contributed by atoms with Gasteiger partial charge in [0.25, 0.3) is 11.8 Å². The number of nitrogens with zero attached hydrogens (tertiary/aromatic N) is 2. The Morgan fingerprint density at radius 3 is 2.66 bits per heavy atom. The molecule has 0 radical (unpaired) electrons. The summed E-state index contributed by atoms with van der Waals surface area (Å²) >= 11 is 0. The molecule has 2 aromatic rings. The van der Waals surface area contributed by atoms with Crippen LogP contribution in [0.5, 0.6) is 5.75 Å². The minimum absolute atomic E-state index is 0.107. The maximum Gasteiger partial charge on any atom is 0.257 e. The number of hydrogen-bond donors (Lipinski definition) is 1. The lowest BCUT2D eigenvalue weighted by Gasteiger charge is -2.35. The lowest BCUT2D eigenvalue weighted by Crippen LogP contribution is -2.46.